The van der Waals surface area contributed by atoms with Gasteiger partial charge in [0.15, 0.2) is 6.29 Å². The van der Waals surface area contributed by atoms with Gasteiger partial charge < -0.3 is 40.3 Å². The van der Waals surface area contributed by atoms with Crippen LogP contribution in [-0.4, -0.2) is 87.5 Å². The number of aliphatic hydroxyl groups excluding tert-OH is 5. The van der Waals surface area contributed by atoms with E-state index in [1.807, 2.05) is 6.08 Å². The zero-order valence-corrected chi connectivity index (χ0v) is 31.5. The van der Waals surface area contributed by atoms with Gasteiger partial charge in [-0.05, 0) is 19.3 Å². The Labute approximate surface area is 299 Å². The molecule has 7 atom stereocenters. The Morgan fingerprint density at radius 2 is 1.12 bits per heavy atom. The van der Waals surface area contributed by atoms with Crippen LogP contribution >= 0.6 is 0 Å². The minimum absolute atomic E-state index is 0.182. The zero-order chi connectivity index (χ0) is 36.0. The average molecular weight is 700 g/mol. The summed E-state index contributed by atoms with van der Waals surface area (Å²) in [5.74, 6) is -0.182. The van der Waals surface area contributed by atoms with Crippen LogP contribution in [-0.2, 0) is 14.3 Å². The van der Waals surface area contributed by atoms with E-state index in [1.54, 1.807) is 6.08 Å². The summed E-state index contributed by atoms with van der Waals surface area (Å²) >= 11 is 0. The van der Waals surface area contributed by atoms with Crippen LogP contribution in [0.15, 0.2) is 12.2 Å². The monoisotopic (exact) mass is 700 g/mol. The van der Waals surface area contributed by atoms with Crippen LogP contribution in [0.1, 0.15) is 181 Å². The molecule has 1 rings (SSSR count). The second-order valence-corrected chi connectivity index (χ2v) is 14.4. The van der Waals surface area contributed by atoms with E-state index < -0.39 is 49.5 Å². The van der Waals surface area contributed by atoms with E-state index in [9.17, 15) is 30.3 Å². The highest BCUT2D eigenvalue weighted by atomic mass is 16.7. The number of carbonyl (C=O) groups is 1. The van der Waals surface area contributed by atoms with E-state index in [0.717, 1.165) is 38.5 Å². The van der Waals surface area contributed by atoms with Gasteiger partial charge in [0.05, 0.1) is 25.4 Å². The number of hydrogen-bond acceptors (Lipinski definition) is 8. The number of carbonyl (C=O) groups excluding carboxylic acids is 1. The lowest BCUT2D eigenvalue weighted by atomic mass is 9.99. The lowest BCUT2D eigenvalue weighted by molar-refractivity contribution is -0.302. The molecular formula is C40H77NO8. The second-order valence-electron chi connectivity index (χ2n) is 14.4. The number of allylic oxidation sites excluding steroid dienone is 1. The van der Waals surface area contributed by atoms with Crippen LogP contribution in [0.3, 0.4) is 0 Å². The quantitative estimate of drug-likeness (QED) is 0.0307. The van der Waals surface area contributed by atoms with Crippen LogP contribution in [0.4, 0.5) is 0 Å². The summed E-state index contributed by atoms with van der Waals surface area (Å²) in [6.45, 7) is 3.73. The highest BCUT2D eigenvalue weighted by molar-refractivity contribution is 5.76. The van der Waals surface area contributed by atoms with Gasteiger partial charge in [0.1, 0.15) is 24.4 Å². The first-order valence-electron chi connectivity index (χ1n) is 20.4. The summed E-state index contributed by atoms with van der Waals surface area (Å²) in [6, 6.07) is -0.795. The van der Waals surface area contributed by atoms with Crippen molar-refractivity contribution in [3.05, 3.63) is 12.2 Å². The van der Waals surface area contributed by atoms with Crippen molar-refractivity contribution < 1.29 is 39.8 Å². The molecule has 0 radical (unpaired) electrons. The van der Waals surface area contributed by atoms with Crippen molar-refractivity contribution in [1.29, 1.82) is 0 Å². The molecule has 0 spiro atoms. The SMILES string of the molecule is CCCCCCCCCCCCCCCCCC/C=C/C(O)C(COC1OC(CO)C(O)C(O)C1O)NC(=O)CCCCCCCCCC. The number of aliphatic hydroxyl groups is 5. The van der Waals surface area contributed by atoms with Crippen molar-refractivity contribution in [3.8, 4) is 0 Å². The molecule has 0 saturated carbocycles. The first-order valence-corrected chi connectivity index (χ1v) is 20.4. The van der Waals surface area contributed by atoms with Crippen molar-refractivity contribution in [2.75, 3.05) is 13.2 Å². The van der Waals surface area contributed by atoms with E-state index in [1.165, 1.54) is 122 Å². The van der Waals surface area contributed by atoms with Gasteiger partial charge in [-0.1, -0.05) is 167 Å². The maximum absolute atomic E-state index is 12.8. The maximum Gasteiger partial charge on any atom is 0.220 e. The smallest absolute Gasteiger partial charge is 0.220 e. The fourth-order valence-electron chi connectivity index (χ4n) is 6.51. The molecule has 0 aromatic heterocycles. The Morgan fingerprint density at radius 3 is 1.59 bits per heavy atom. The third-order valence-electron chi connectivity index (χ3n) is 9.86. The minimum atomic E-state index is -1.56. The second kappa shape index (κ2) is 31.6. The van der Waals surface area contributed by atoms with Crippen LogP contribution < -0.4 is 5.32 Å². The molecule has 9 nitrogen and oxygen atoms in total. The fourth-order valence-corrected chi connectivity index (χ4v) is 6.51. The van der Waals surface area contributed by atoms with Gasteiger partial charge in [-0.25, -0.2) is 0 Å². The van der Waals surface area contributed by atoms with Crippen molar-refractivity contribution in [2.45, 2.75) is 224 Å². The van der Waals surface area contributed by atoms with E-state index in [-0.39, 0.29) is 12.5 Å². The predicted octanol–water partition coefficient (Wildman–Crippen LogP) is 7.39. The molecule has 1 heterocycles. The summed E-state index contributed by atoms with van der Waals surface area (Å²) in [4.78, 5) is 12.8. The Bertz CT molecular complexity index is 781. The molecule has 7 unspecified atom stereocenters. The largest absolute Gasteiger partial charge is 0.394 e. The number of unbranched alkanes of at least 4 members (excludes halogenated alkanes) is 23. The number of ether oxygens (including phenoxy) is 2. The number of rotatable bonds is 33. The first-order chi connectivity index (χ1) is 23.8. The summed E-state index contributed by atoms with van der Waals surface area (Å²) in [5.41, 5.74) is 0. The summed E-state index contributed by atoms with van der Waals surface area (Å²) in [6.07, 6.45) is 26.9. The number of amides is 1. The third kappa shape index (κ3) is 23.2. The maximum atomic E-state index is 12.8. The molecule has 9 heteroatoms. The zero-order valence-electron chi connectivity index (χ0n) is 31.5. The van der Waals surface area contributed by atoms with Gasteiger partial charge in [0.2, 0.25) is 5.91 Å². The molecule has 0 aliphatic carbocycles. The molecule has 1 amide bonds. The van der Waals surface area contributed by atoms with Crippen LogP contribution in [0.2, 0.25) is 0 Å². The molecule has 0 aromatic carbocycles. The van der Waals surface area contributed by atoms with Crippen molar-refractivity contribution in [1.82, 2.24) is 5.32 Å². The van der Waals surface area contributed by atoms with Crippen LogP contribution in [0, 0.1) is 0 Å². The summed E-state index contributed by atoms with van der Waals surface area (Å²) < 4.78 is 11.1. The highest BCUT2D eigenvalue weighted by Crippen LogP contribution is 2.22. The van der Waals surface area contributed by atoms with Crippen LogP contribution in [0.5, 0.6) is 0 Å². The molecule has 6 N–H and O–H groups in total. The van der Waals surface area contributed by atoms with Gasteiger partial charge in [-0.3, -0.25) is 4.79 Å². The summed E-state index contributed by atoms with van der Waals surface area (Å²) in [5, 5.41) is 53.9. The Balaban J connectivity index is 2.37. The lowest BCUT2D eigenvalue weighted by Crippen LogP contribution is -2.60. The standard InChI is InChI=1S/C40H77NO8/c1-3-5-7-9-11-13-14-15-16-17-18-19-20-21-22-23-25-27-29-34(43)33(41-36(44)30-28-26-24-12-10-8-6-4-2)32-48-40-39(47)38(46)37(45)35(31-42)49-40/h27,29,33-35,37-40,42-43,45-47H,3-26,28,30-32H2,1-2H3,(H,41,44)/b29-27+. The minimum Gasteiger partial charge on any atom is -0.394 e. The number of hydrogen-bond donors (Lipinski definition) is 6. The first kappa shape index (κ1) is 46.0. The van der Waals surface area contributed by atoms with Crippen molar-refractivity contribution in [3.63, 3.8) is 0 Å². The predicted molar refractivity (Wildman–Crippen MR) is 198 cm³/mol. The summed E-state index contributed by atoms with van der Waals surface area (Å²) in [7, 11) is 0. The van der Waals surface area contributed by atoms with E-state index in [2.05, 4.69) is 19.2 Å². The molecule has 1 fully saturated rings. The Kier molecular flexibility index (Phi) is 29.7. The third-order valence-corrected chi connectivity index (χ3v) is 9.86. The Hall–Kier alpha value is -1.07. The molecule has 1 saturated heterocycles. The molecular weight excluding hydrogens is 622 g/mol. The molecule has 49 heavy (non-hydrogen) atoms. The average Bonchev–Trinajstić information content (AvgIpc) is 3.10. The molecule has 0 bridgehead atoms. The fraction of sp³-hybridized carbons (Fsp3) is 0.925. The van der Waals surface area contributed by atoms with E-state index in [4.69, 9.17) is 9.47 Å². The normalized spacial score (nSPS) is 22.5. The molecule has 1 aliphatic heterocycles. The van der Waals surface area contributed by atoms with Gasteiger partial charge in [0, 0.05) is 6.42 Å². The lowest BCUT2D eigenvalue weighted by Gasteiger charge is -2.40. The molecule has 0 aromatic rings. The topological polar surface area (TPSA) is 149 Å². The molecule has 1 aliphatic rings. The van der Waals surface area contributed by atoms with Gasteiger partial charge in [-0.2, -0.15) is 0 Å². The Morgan fingerprint density at radius 1 is 0.673 bits per heavy atom. The van der Waals surface area contributed by atoms with Crippen molar-refractivity contribution >= 4 is 5.91 Å². The van der Waals surface area contributed by atoms with Crippen LogP contribution in [0.25, 0.3) is 0 Å². The molecule has 290 valence electrons. The van der Waals surface area contributed by atoms with Crippen molar-refractivity contribution in [2.24, 2.45) is 0 Å². The van der Waals surface area contributed by atoms with Gasteiger partial charge >= 0.3 is 0 Å². The highest BCUT2D eigenvalue weighted by Gasteiger charge is 2.44. The van der Waals surface area contributed by atoms with Gasteiger partial charge in [-0.15, -0.1) is 0 Å². The van der Waals surface area contributed by atoms with Gasteiger partial charge in [0.25, 0.3) is 0 Å². The van der Waals surface area contributed by atoms with E-state index in [0.29, 0.717) is 6.42 Å². The van der Waals surface area contributed by atoms with E-state index >= 15 is 0 Å². The number of nitrogens with one attached hydrogen (secondary N) is 1.